The number of amides is 1. The molecule has 1 aliphatic rings. The van der Waals surface area contributed by atoms with Crippen LogP contribution >= 0.6 is 23.5 Å². The van der Waals surface area contributed by atoms with Crippen molar-refractivity contribution in [2.75, 3.05) is 45.2 Å². The van der Waals surface area contributed by atoms with Gasteiger partial charge in [0.15, 0.2) is 0 Å². The summed E-state index contributed by atoms with van der Waals surface area (Å²) in [7, 11) is 1.62. The van der Waals surface area contributed by atoms with E-state index in [1.807, 2.05) is 36.4 Å². The highest BCUT2D eigenvalue weighted by molar-refractivity contribution is 8.11. The number of carbonyl (C=O) groups excluding carboxylic acids is 1. The van der Waals surface area contributed by atoms with Gasteiger partial charge in [-0.15, -0.1) is 0 Å². The predicted molar refractivity (Wildman–Crippen MR) is 113 cm³/mol. The minimum absolute atomic E-state index is 0.0604. The quantitative estimate of drug-likeness (QED) is 0.722. The molecule has 7 heteroatoms. The summed E-state index contributed by atoms with van der Waals surface area (Å²) in [5, 5.41) is 3.62. The minimum atomic E-state index is -0.0604. The molecule has 0 atom stereocenters. The highest BCUT2D eigenvalue weighted by Gasteiger charge is 2.19. The molecule has 2 aromatic carbocycles. The van der Waals surface area contributed by atoms with Crippen LogP contribution in [0.5, 0.6) is 5.75 Å². The van der Waals surface area contributed by atoms with Gasteiger partial charge in [0.1, 0.15) is 5.75 Å². The van der Waals surface area contributed by atoms with Gasteiger partial charge in [0.05, 0.1) is 7.11 Å². The monoisotopic (exact) mass is 405 g/mol. The van der Waals surface area contributed by atoms with Crippen LogP contribution in [0.2, 0.25) is 5.02 Å². The molecule has 1 N–H and O–H groups in total. The fourth-order valence-corrected chi connectivity index (χ4v) is 3.78. The van der Waals surface area contributed by atoms with Crippen LogP contribution in [0.15, 0.2) is 48.5 Å². The van der Waals surface area contributed by atoms with Crippen molar-refractivity contribution in [1.29, 1.82) is 0 Å². The van der Waals surface area contributed by atoms with Gasteiger partial charge in [0.25, 0.3) is 5.24 Å². The molecule has 0 bridgehead atoms. The number of nitrogens with zero attached hydrogens (tertiary/aromatic N) is 2. The van der Waals surface area contributed by atoms with Gasteiger partial charge in [-0.05, 0) is 48.4 Å². The van der Waals surface area contributed by atoms with Crippen LogP contribution in [0.4, 0.5) is 10.5 Å². The molecule has 0 radical (unpaired) electrons. The average Bonchev–Trinajstić information content (AvgIpc) is 2.69. The number of rotatable bonds is 6. The van der Waals surface area contributed by atoms with Gasteiger partial charge in [0.2, 0.25) is 0 Å². The normalized spacial score (nSPS) is 15.5. The smallest absolute Gasteiger partial charge is 0.298 e. The number of hydrogen-bond donors (Lipinski definition) is 1. The van der Waals surface area contributed by atoms with E-state index in [1.165, 1.54) is 17.5 Å². The first-order chi connectivity index (χ1) is 13.1. The summed E-state index contributed by atoms with van der Waals surface area (Å²) in [6.07, 6.45) is 1.02. The third-order valence-corrected chi connectivity index (χ3v) is 5.65. The summed E-state index contributed by atoms with van der Waals surface area (Å²) in [6.45, 7) is 4.72. The number of carbonyl (C=O) groups is 1. The lowest BCUT2D eigenvalue weighted by Crippen LogP contribution is -2.44. The number of piperazine rings is 1. The third-order valence-electron chi connectivity index (χ3n) is 4.51. The second-order valence-electron chi connectivity index (χ2n) is 6.38. The fourth-order valence-electron chi connectivity index (χ4n) is 2.91. The molecule has 2 aromatic rings. The molecule has 3 rings (SSSR count). The van der Waals surface area contributed by atoms with Gasteiger partial charge in [-0.25, -0.2) is 4.31 Å². The molecule has 1 fully saturated rings. The Morgan fingerprint density at radius 2 is 1.74 bits per heavy atom. The number of halogens is 1. The van der Waals surface area contributed by atoms with E-state index in [1.54, 1.807) is 7.11 Å². The maximum Gasteiger partial charge on any atom is 0.298 e. The molecular weight excluding hydrogens is 382 g/mol. The third kappa shape index (κ3) is 6.43. The Morgan fingerprint density at radius 3 is 2.37 bits per heavy atom. The topological polar surface area (TPSA) is 44.8 Å². The number of methoxy groups -OCH3 is 1. The lowest BCUT2D eigenvalue weighted by atomic mass is 10.1. The molecule has 0 spiro atoms. The van der Waals surface area contributed by atoms with Crippen molar-refractivity contribution in [3.8, 4) is 5.75 Å². The van der Waals surface area contributed by atoms with Gasteiger partial charge >= 0.3 is 0 Å². The molecule has 0 unspecified atom stereocenters. The van der Waals surface area contributed by atoms with E-state index in [4.69, 9.17) is 16.3 Å². The van der Waals surface area contributed by atoms with Crippen molar-refractivity contribution in [2.45, 2.75) is 6.42 Å². The van der Waals surface area contributed by atoms with Crippen molar-refractivity contribution in [3.63, 3.8) is 0 Å². The molecule has 0 aromatic heterocycles. The first-order valence-electron chi connectivity index (χ1n) is 8.97. The Hall–Kier alpha value is -1.73. The average molecular weight is 406 g/mol. The van der Waals surface area contributed by atoms with Gasteiger partial charge < -0.3 is 15.0 Å². The second kappa shape index (κ2) is 9.99. The van der Waals surface area contributed by atoms with Crippen molar-refractivity contribution in [3.05, 3.63) is 59.1 Å². The van der Waals surface area contributed by atoms with Crippen LogP contribution in [0.3, 0.4) is 0 Å². The van der Waals surface area contributed by atoms with Crippen molar-refractivity contribution < 1.29 is 9.53 Å². The summed E-state index contributed by atoms with van der Waals surface area (Å²) < 4.78 is 7.24. The van der Waals surface area contributed by atoms with E-state index in [-0.39, 0.29) is 5.24 Å². The van der Waals surface area contributed by atoms with E-state index in [0.29, 0.717) is 0 Å². The highest BCUT2D eigenvalue weighted by atomic mass is 35.5. The largest absolute Gasteiger partial charge is 0.497 e. The molecule has 1 saturated heterocycles. The summed E-state index contributed by atoms with van der Waals surface area (Å²) in [5.74, 6) is 0.773. The Kier molecular flexibility index (Phi) is 7.41. The standard InChI is InChI=1S/C20H24ClN3O2S/c1-26-19-8-6-18(7-9-19)22-20(25)27-24-14-12-23(13-15-24)11-10-16-2-4-17(21)5-3-16/h2-9H,10-15H2,1H3,(H,22,25). The van der Waals surface area contributed by atoms with Crippen LogP contribution in [-0.2, 0) is 6.42 Å². The molecule has 144 valence electrons. The molecule has 0 aliphatic carbocycles. The number of hydrogen-bond acceptors (Lipinski definition) is 5. The lowest BCUT2D eigenvalue weighted by Gasteiger charge is -2.33. The maximum absolute atomic E-state index is 12.2. The van der Waals surface area contributed by atoms with E-state index in [2.05, 4.69) is 26.7 Å². The van der Waals surface area contributed by atoms with E-state index in [9.17, 15) is 4.79 Å². The number of benzene rings is 2. The zero-order valence-electron chi connectivity index (χ0n) is 15.4. The fraction of sp³-hybridized carbons (Fsp3) is 0.350. The number of ether oxygens (including phenoxy) is 1. The van der Waals surface area contributed by atoms with Gasteiger partial charge in [0, 0.05) is 55.4 Å². The Labute approximate surface area is 169 Å². The van der Waals surface area contributed by atoms with E-state index < -0.39 is 0 Å². The Balaban J connectivity index is 1.37. The summed E-state index contributed by atoms with van der Waals surface area (Å²) in [4.78, 5) is 14.6. The second-order valence-corrected chi connectivity index (χ2v) is 7.89. The summed E-state index contributed by atoms with van der Waals surface area (Å²) in [6, 6.07) is 15.4. The zero-order valence-corrected chi connectivity index (χ0v) is 16.9. The van der Waals surface area contributed by atoms with Crippen LogP contribution in [0.25, 0.3) is 0 Å². The lowest BCUT2D eigenvalue weighted by molar-refractivity contribution is 0.198. The highest BCUT2D eigenvalue weighted by Crippen LogP contribution is 2.20. The Morgan fingerprint density at radius 1 is 1.07 bits per heavy atom. The summed E-state index contributed by atoms with van der Waals surface area (Å²) in [5.41, 5.74) is 2.07. The molecule has 1 aliphatic heterocycles. The van der Waals surface area contributed by atoms with Crippen LogP contribution in [-0.4, -0.2) is 54.3 Å². The van der Waals surface area contributed by atoms with E-state index >= 15 is 0 Å². The van der Waals surface area contributed by atoms with Gasteiger partial charge in [-0.3, -0.25) is 4.79 Å². The van der Waals surface area contributed by atoms with Gasteiger partial charge in [-0.2, -0.15) is 0 Å². The SMILES string of the molecule is COc1ccc(NC(=O)SN2CCN(CCc3ccc(Cl)cc3)CC2)cc1. The molecule has 1 amide bonds. The molecule has 1 heterocycles. The first kappa shape index (κ1) is 20.0. The van der Waals surface area contributed by atoms with Gasteiger partial charge in [-0.1, -0.05) is 23.7 Å². The molecule has 0 saturated carbocycles. The van der Waals surface area contributed by atoms with Crippen LogP contribution in [0.1, 0.15) is 5.56 Å². The minimum Gasteiger partial charge on any atom is -0.497 e. The van der Waals surface area contributed by atoms with Crippen molar-refractivity contribution >= 4 is 34.5 Å². The van der Waals surface area contributed by atoms with Crippen LogP contribution < -0.4 is 10.1 Å². The predicted octanol–water partition coefficient (Wildman–Crippen LogP) is 4.39. The Bertz CT molecular complexity index is 732. The molecule has 27 heavy (non-hydrogen) atoms. The van der Waals surface area contributed by atoms with Crippen molar-refractivity contribution in [1.82, 2.24) is 9.21 Å². The summed E-state index contributed by atoms with van der Waals surface area (Å²) >= 11 is 7.18. The first-order valence-corrected chi connectivity index (χ1v) is 10.1. The zero-order chi connectivity index (χ0) is 19.1. The number of anilines is 1. The molecular formula is C20H24ClN3O2S. The van der Waals surface area contributed by atoms with Crippen molar-refractivity contribution in [2.24, 2.45) is 0 Å². The maximum atomic E-state index is 12.2. The number of nitrogens with one attached hydrogen (secondary N) is 1. The van der Waals surface area contributed by atoms with Crippen LogP contribution in [0, 0.1) is 0 Å². The van der Waals surface area contributed by atoms with E-state index in [0.717, 1.165) is 55.6 Å². The molecule has 5 nitrogen and oxygen atoms in total.